The monoisotopic (exact) mass is 222 g/mol. The van der Waals surface area contributed by atoms with E-state index in [1.165, 1.54) is 19.4 Å². The largest absolute Gasteiger partial charge is 0.383 e. The van der Waals surface area contributed by atoms with Crippen LogP contribution in [0.15, 0.2) is 12.3 Å². The lowest BCUT2D eigenvalue weighted by Gasteiger charge is -2.04. The molecule has 0 fully saturated rings. The molecule has 1 N–H and O–H groups in total. The number of rotatable bonds is 5. The molecule has 0 saturated carbocycles. The van der Waals surface area contributed by atoms with Crippen molar-refractivity contribution in [1.29, 1.82) is 5.26 Å². The van der Waals surface area contributed by atoms with E-state index in [4.69, 9.17) is 10.00 Å². The van der Waals surface area contributed by atoms with Crippen LogP contribution in [0, 0.1) is 21.4 Å². The molecule has 0 spiro atoms. The molecular weight excluding hydrogens is 212 g/mol. The van der Waals surface area contributed by atoms with E-state index in [9.17, 15) is 10.1 Å². The molecule has 1 aromatic heterocycles. The number of nitriles is 1. The summed E-state index contributed by atoms with van der Waals surface area (Å²) in [5.74, 6) is 0.140. The maximum Gasteiger partial charge on any atom is 0.312 e. The maximum absolute atomic E-state index is 10.7. The molecule has 1 heterocycles. The Labute approximate surface area is 91.8 Å². The SMILES string of the molecule is COCCNc1ncc(C#N)cc1[N+](=O)[O-]. The Bertz CT molecular complexity index is 427. The van der Waals surface area contributed by atoms with Crippen molar-refractivity contribution < 1.29 is 9.66 Å². The van der Waals surface area contributed by atoms with Gasteiger partial charge in [-0.15, -0.1) is 0 Å². The maximum atomic E-state index is 10.7. The van der Waals surface area contributed by atoms with Crippen molar-refractivity contribution in [2.75, 3.05) is 25.6 Å². The predicted octanol–water partition coefficient (Wildman–Crippen LogP) is 0.920. The molecule has 0 amide bonds. The minimum Gasteiger partial charge on any atom is -0.383 e. The first-order valence-corrected chi connectivity index (χ1v) is 4.46. The number of anilines is 1. The predicted molar refractivity (Wildman–Crippen MR) is 56.0 cm³/mol. The molecule has 0 unspecified atom stereocenters. The van der Waals surface area contributed by atoms with Crippen LogP contribution < -0.4 is 5.32 Å². The number of nitro groups is 1. The third-order valence-corrected chi connectivity index (χ3v) is 1.79. The number of pyridine rings is 1. The molecular formula is C9H10N4O3. The summed E-state index contributed by atoms with van der Waals surface area (Å²) >= 11 is 0. The molecule has 1 aromatic rings. The van der Waals surface area contributed by atoms with Crippen LogP contribution in [0.3, 0.4) is 0 Å². The van der Waals surface area contributed by atoms with Crippen LogP contribution in [0.1, 0.15) is 5.56 Å². The number of methoxy groups -OCH3 is 1. The lowest BCUT2D eigenvalue weighted by molar-refractivity contribution is -0.384. The van der Waals surface area contributed by atoms with Crippen LogP contribution in [0.4, 0.5) is 11.5 Å². The third kappa shape index (κ3) is 2.90. The summed E-state index contributed by atoms with van der Waals surface area (Å²) in [5.41, 5.74) is -0.0563. The number of nitrogens with zero attached hydrogens (tertiary/aromatic N) is 3. The van der Waals surface area contributed by atoms with Crippen molar-refractivity contribution in [2.45, 2.75) is 0 Å². The summed E-state index contributed by atoms with van der Waals surface area (Å²) in [7, 11) is 1.53. The van der Waals surface area contributed by atoms with Crippen molar-refractivity contribution in [3.8, 4) is 6.07 Å². The average molecular weight is 222 g/mol. The summed E-state index contributed by atoms with van der Waals surface area (Å²) in [5, 5.41) is 22.1. The van der Waals surface area contributed by atoms with Crippen molar-refractivity contribution in [2.24, 2.45) is 0 Å². The highest BCUT2D eigenvalue weighted by Gasteiger charge is 2.15. The molecule has 7 heteroatoms. The van der Waals surface area contributed by atoms with E-state index in [1.807, 2.05) is 0 Å². The Kier molecular flexibility index (Phi) is 4.17. The molecule has 0 atom stereocenters. The summed E-state index contributed by atoms with van der Waals surface area (Å²) in [6.45, 7) is 0.828. The molecule has 16 heavy (non-hydrogen) atoms. The number of nitrogens with one attached hydrogen (secondary N) is 1. The van der Waals surface area contributed by atoms with E-state index in [0.717, 1.165) is 0 Å². The standard InChI is InChI=1S/C9H10N4O3/c1-16-3-2-11-9-8(13(14)15)4-7(5-10)6-12-9/h4,6H,2-3H2,1H3,(H,11,12). The Morgan fingerprint density at radius 2 is 2.50 bits per heavy atom. The van der Waals surface area contributed by atoms with Gasteiger partial charge in [-0.25, -0.2) is 4.98 Å². The van der Waals surface area contributed by atoms with Gasteiger partial charge >= 0.3 is 5.69 Å². The molecule has 84 valence electrons. The number of hydrogen-bond donors (Lipinski definition) is 1. The first kappa shape index (κ1) is 11.9. The van der Waals surface area contributed by atoms with Crippen LogP contribution >= 0.6 is 0 Å². The van der Waals surface area contributed by atoms with E-state index in [-0.39, 0.29) is 17.1 Å². The van der Waals surface area contributed by atoms with E-state index in [0.29, 0.717) is 13.2 Å². The van der Waals surface area contributed by atoms with Crippen molar-refractivity contribution in [3.63, 3.8) is 0 Å². The second kappa shape index (κ2) is 5.63. The van der Waals surface area contributed by atoms with Crippen LogP contribution in [-0.4, -0.2) is 30.2 Å². The smallest absolute Gasteiger partial charge is 0.312 e. The second-order valence-corrected chi connectivity index (χ2v) is 2.88. The first-order valence-electron chi connectivity index (χ1n) is 4.46. The molecule has 7 nitrogen and oxygen atoms in total. The van der Waals surface area contributed by atoms with Gasteiger partial charge in [-0.2, -0.15) is 5.26 Å². The van der Waals surface area contributed by atoms with Gasteiger partial charge in [0.2, 0.25) is 5.82 Å². The Morgan fingerprint density at radius 1 is 1.75 bits per heavy atom. The lowest BCUT2D eigenvalue weighted by Crippen LogP contribution is -2.10. The molecule has 0 radical (unpaired) electrons. The molecule has 1 rings (SSSR count). The van der Waals surface area contributed by atoms with Crippen molar-refractivity contribution in [1.82, 2.24) is 4.98 Å². The zero-order chi connectivity index (χ0) is 12.0. The third-order valence-electron chi connectivity index (χ3n) is 1.79. The highest BCUT2D eigenvalue weighted by molar-refractivity contribution is 5.58. The minimum atomic E-state index is -0.580. The topological polar surface area (TPSA) is 101 Å². The molecule has 0 aliphatic heterocycles. The van der Waals surface area contributed by atoms with Gasteiger partial charge in [0.25, 0.3) is 0 Å². The normalized spacial score (nSPS) is 9.50. The quantitative estimate of drug-likeness (QED) is 0.451. The highest BCUT2D eigenvalue weighted by Crippen LogP contribution is 2.21. The summed E-state index contributed by atoms with van der Waals surface area (Å²) in [6, 6.07) is 2.98. The molecule has 0 bridgehead atoms. The van der Waals surface area contributed by atoms with Crippen LogP contribution in [0.2, 0.25) is 0 Å². The second-order valence-electron chi connectivity index (χ2n) is 2.88. The average Bonchev–Trinajstić information content (AvgIpc) is 2.29. The Morgan fingerprint density at radius 3 is 3.06 bits per heavy atom. The summed E-state index contributed by atoms with van der Waals surface area (Å²) in [6.07, 6.45) is 1.28. The van der Waals surface area contributed by atoms with Crippen LogP contribution in [0.25, 0.3) is 0 Å². The van der Waals surface area contributed by atoms with Gasteiger partial charge in [-0.05, 0) is 0 Å². The van der Waals surface area contributed by atoms with Gasteiger partial charge in [0, 0.05) is 25.9 Å². The van der Waals surface area contributed by atoms with Gasteiger partial charge in [0.1, 0.15) is 6.07 Å². The zero-order valence-corrected chi connectivity index (χ0v) is 8.64. The number of ether oxygens (including phenoxy) is 1. The lowest BCUT2D eigenvalue weighted by atomic mass is 10.3. The Balaban J connectivity index is 2.91. The van der Waals surface area contributed by atoms with E-state index in [2.05, 4.69) is 10.3 Å². The van der Waals surface area contributed by atoms with E-state index >= 15 is 0 Å². The fraction of sp³-hybridized carbons (Fsp3) is 0.333. The highest BCUT2D eigenvalue weighted by atomic mass is 16.6. The first-order chi connectivity index (χ1) is 7.69. The molecule has 0 saturated heterocycles. The fourth-order valence-electron chi connectivity index (χ4n) is 1.06. The fourth-order valence-corrected chi connectivity index (χ4v) is 1.06. The van der Waals surface area contributed by atoms with Gasteiger partial charge in [0.05, 0.1) is 17.1 Å². The number of aromatic nitrogens is 1. The van der Waals surface area contributed by atoms with Crippen molar-refractivity contribution >= 4 is 11.5 Å². The van der Waals surface area contributed by atoms with Crippen molar-refractivity contribution in [3.05, 3.63) is 27.9 Å². The molecule has 0 aliphatic carbocycles. The van der Waals surface area contributed by atoms with Crippen LogP contribution in [-0.2, 0) is 4.74 Å². The minimum absolute atomic E-state index is 0.140. The molecule has 0 aliphatic rings. The Hall–Kier alpha value is -2.20. The van der Waals surface area contributed by atoms with Gasteiger partial charge in [-0.1, -0.05) is 0 Å². The van der Waals surface area contributed by atoms with E-state index in [1.54, 1.807) is 6.07 Å². The van der Waals surface area contributed by atoms with Gasteiger partial charge in [-0.3, -0.25) is 10.1 Å². The zero-order valence-electron chi connectivity index (χ0n) is 8.64. The summed E-state index contributed by atoms with van der Waals surface area (Å²) < 4.78 is 4.80. The summed E-state index contributed by atoms with van der Waals surface area (Å²) in [4.78, 5) is 13.9. The van der Waals surface area contributed by atoms with Gasteiger partial charge < -0.3 is 10.1 Å². The van der Waals surface area contributed by atoms with Crippen LogP contribution in [0.5, 0.6) is 0 Å². The van der Waals surface area contributed by atoms with Gasteiger partial charge in [0.15, 0.2) is 0 Å². The number of hydrogen-bond acceptors (Lipinski definition) is 6. The molecule has 0 aromatic carbocycles. The van der Waals surface area contributed by atoms with E-state index < -0.39 is 4.92 Å².